The molecule has 0 atom stereocenters. The summed E-state index contributed by atoms with van der Waals surface area (Å²) in [5, 5.41) is 10.8. The molecule has 0 N–H and O–H groups in total. The summed E-state index contributed by atoms with van der Waals surface area (Å²) >= 11 is 1.59. The number of amides is 1. The van der Waals surface area contributed by atoms with Gasteiger partial charge in [-0.3, -0.25) is 4.79 Å². The topological polar surface area (TPSA) is 63.9 Å². The molecule has 3 rings (SSSR count). The zero-order valence-electron chi connectivity index (χ0n) is 13.3. The van der Waals surface area contributed by atoms with Crippen LogP contribution in [0.1, 0.15) is 28.1 Å². The van der Waals surface area contributed by atoms with Gasteiger partial charge in [-0.05, 0) is 30.7 Å². The van der Waals surface area contributed by atoms with Gasteiger partial charge in [-0.25, -0.2) is 14.1 Å². The number of benzene rings is 1. The number of hydrogen-bond acceptors (Lipinski definition) is 5. The van der Waals surface area contributed by atoms with E-state index >= 15 is 0 Å². The van der Waals surface area contributed by atoms with Crippen LogP contribution in [-0.4, -0.2) is 37.8 Å². The Morgan fingerprint density at radius 1 is 1.33 bits per heavy atom. The van der Waals surface area contributed by atoms with Crippen molar-refractivity contribution in [2.45, 2.75) is 19.9 Å². The summed E-state index contributed by atoms with van der Waals surface area (Å²) in [6.45, 7) is 2.46. The van der Waals surface area contributed by atoms with Gasteiger partial charge in [-0.15, -0.1) is 16.4 Å². The van der Waals surface area contributed by atoms with Gasteiger partial charge in [0, 0.05) is 12.4 Å². The second-order valence-corrected chi connectivity index (χ2v) is 6.21. The molecule has 8 heteroatoms. The number of aryl methyl sites for hydroxylation is 1. The highest BCUT2D eigenvalue weighted by atomic mass is 32.1. The lowest BCUT2D eigenvalue weighted by atomic mass is 10.3. The van der Waals surface area contributed by atoms with Crippen molar-refractivity contribution in [3.05, 3.63) is 58.1 Å². The van der Waals surface area contributed by atoms with Crippen molar-refractivity contribution in [3.63, 3.8) is 0 Å². The van der Waals surface area contributed by atoms with Gasteiger partial charge in [-0.2, -0.15) is 0 Å². The van der Waals surface area contributed by atoms with Crippen molar-refractivity contribution < 1.29 is 9.18 Å². The fourth-order valence-electron chi connectivity index (χ4n) is 2.18. The van der Waals surface area contributed by atoms with Crippen LogP contribution in [0.2, 0.25) is 0 Å². The fourth-order valence-corrected chi connectivity index (χ4v) is 2.91. The van der Waals surface area contributed by atoms with Crippen molar-refractivity contribution in [2.75, 3.05) is 7.05 Å². The number of carbonyl (C=O) groups is 1. The van der Waals surface area contributed by atoms with Crippen molar-refractivity contribution in [2.24, 2.45) is 0 Å². The molecule has 124 valence electrons. The molecule has 0 bridgehead atoms. The standard InChI is InChI=1S/C16H16FN5OS/c1-3-15-18-12(10-24-15)8-21(2)16(23)14-9-22(20-19-14)13-6-4-11(17)5-7-13/h4-7,9-10H,3,8H2,1-2H3. The molecule has 0 saturated heterocycles. The number of aromatic nitrogens is 4. The highest BCUT2D eigenvalue weighted by molar-refractivity contribution is 7.09. The molecule has 3 aromatic rings. The van der Waals surface area contributed by atoms with E-state index in [0.717, 1.165) is 17.1 Å². The highest BCUT2D eigenvalue weighted by Crippen LogP contribution is 2.13. The van der Waals surface area contributed by atoms with Crippen LogP contribution in [0.25, 0.3) is 5.69 Å². The minimum atomic E-state index is -0.329. The first kappa shape index (κ1) is 16.3. The molecule has 0 unspecified atom stereocenters. The third-order valence-electron chi connectivity index (χ3n) is 3.45. The monoisotopic (exact) mass is 345 g/mol. The molecule has 24 heavy (non-hydrogen) atoms. The van der Waals surface area contributed by atoms with Crippen molar-refractivity contribution >= 4 is 17.2 Å². The third kappa shape index (κ3) is 3.48. The lowest BCUT2D eigenvalue weighted by Gasteiger charge is -2.13. The molecule has 1 amide bonds. The third-order valence-corrected chi connectivity index (χ3v) is 4.49. The quantitative estimate of drug-likeness (QED) is 0.713. The van der Waals surface area contributed by atoms with Gasteiger partial charge in [0.2, 0.25) is 0 Å². The van der Waals surface area contributed by atoms with Crippen molar-refractivity contribution in [3.8, 4) is 5.69 Å². The van der Waals surface area contributed by atoms with E-state index in [1.165, 1.54) is 23.0 Å². The van der Waals surface area contributed by atoms with Crippen LogP contribution in [0.4, 0.5) is 4.39 Å². The summed E-state index contributed by atoms with van der Waals surface area (Å²) in [5.74, 6) is -0.570. The predicted molar refractivity (Wildman–Crippen MR) is 88.6 cm³/mol. The second-order valence-electron chi connectivity index (χ2n) is 5.27. The molecule has 2 heterocycles. The molecule has 0 aliphatic carbocycles. The van der Waals surface area contributed by atoms with Crippen LogP contribution in [0, 0.1) is 5.82 Å². The van der Waals surface area contributed by atoms with Crippen LogP contribution in [-0.2, 0) is 13.0 Å². The zero-order chi connectivity index (χ0) is 17.1. The normalized spacial score (nSPS) is 10.8. The van der Waals surface area contributed by atoms with Crippen LogP contribution in [0.15, 0.2) is 35.8 Å². The van der Waals surface area contributed by atoms with Gasteiger partial charge in [0.05, 0.1) is 29.1 Å². The number of halogens is 1. The molecule has 1 aromatic carbocycles. The first-order chi connectivity index (χ1) is 11.6. The molecule has 0 radical (unpaired) electrons. The Kier molecular flexibility index (Phi) is 4.66. The number of carbonyl (C=O) groups excluding carboxylic acids is 1. The Morgan fingerprint density at radius 3 is 2.75 bits per heavy atom. The minimum absolute atomic E-state index is 0.229. The van der Waals surface area contributed by atoms with Crippen molar-refractivity contribution in [1.29, 1.82) is 0 Å². The second kappa shape index (κ2) is 6.88. The summed E-state index contributed by atoms with van der Waals surface area (Å²) in [4.78, 5) is 18.5. The maximum absolute atomic E-state index is 13.0. The van der Waals surface area contributed by atoms with Gasteiger partial charge < -0.3 is 4.90 Å². The molecule has 0 aliphatic heterocycles. The highest BCUT2D eigenvalue weighted by Gasteiger charge is 2.17. The van der Waals surface area contributed by atoms with Crippen LogP contribution >= 0.6 is 11.3 Å². The first-order valence-electron chi connectivity index (χ1n) is 7.44. The molecular weight excluding hydrogens is 329 g/mol. The van der Waals surface area contributed by atoms with Gasteiger partial charge >= 0.3 is 0 Å². The molecule has 2 aromatic heterocycles. The largest absolute Gasteiger partial charge is 0.334 e. The summed E-state index contributed by atoms with van der Waals surface area (Å²) in [6, 6.07) is 5.81. The average Bonchev–Trinajstić information content (AvgIpc) is 3.24. The van der Waals surface area contributed by atoms with E-state index in [-0.39, 0.29) is 17.4 Å². The molecule has 0 saturated carbocycles. The van der Waals surface area contributed by atoms with E-state index in [2.05, 4.69) is 15.3 Å². The van der Waals surface area contributed by atoms with Gasteiger partial charge in [0.1, 0.15) is 5.82 Å². The minimum Gasteiger partial charge on any atom is -0.334 e. The summed E-state index contributed by atoms with van der Waals surface area (Å²) in [6.07, 6.45) is 2.42. The molecule has 0 aliphatic rings. The lowest BCUT2D eigenvalue weighted by Crippen LogP contribution is -2.26. The van der Waals surface area contributed by atoms with E-state index in [9.17, 15) is 9.18 Å². The van der Waals surface area contributed by atoms with E-state index < -0.39 is 0 Å². The molecule has 6 nitrogen and oxygen atoms in total. The Bertz CT molecular complexity index is 842. The maximum atomic E-state index is 13.0. The molecule has 0 fully saturated rings. The van der Waals surface area contributed by atoms with Crippen LogP contribution in [0.5, 0.6) is 0 Å². The van der Waals surface area contributed by atoms with Gasteiger partial charge in [0.25, 0.3) is 5.91 Å². The summed E-state index contributed by atoms with van der Waals surface area (Å²) in [5.41, 5.74) is 1.73. The smallest absolute Gasteiger partial charge is 0.276 e. The van der Waals surface area contributed by atoms with Gasteiger partial charge in [-0.1, -0.05) is 12.1 Å². The van der Waals surface area contributed by atoms with Gasteiger partial charge in [0.15, 0.2) is 5.69 Å². The summed E-state index contributed by atoms with van der Waals surface area (Å²) < 4.78 is 14.4. The number of thiazole rings is 1. The Labute approximate surface area is 142 Å². The lowest BCUT2D eigenvalue weighted by molar-refractivity contribution is 0.0777. The predicted octanol–water partition coefficient (Wildman–Crippen LogP) is 2.70. The Balaban J connectivity index is 1.71. The maximum Gasteiger partial charge on any atom is 0.276 e. The number of rotatable bonds is 5. The van der Waals surface area contributed by atoms with Crippen LogP contribution in [0.3, 0.4) is 0 Å². The average molecular weight is 345 g/mol. The zero-order valence-corrected chi connectivity index (χ0v) is 14.1. The first-order valence-corrected chi connectivity index (χ1v) is 8.32. The number of nitrogens with zero attached hydrogens (tertiary/aromatic N) is 5. The summed E-state index contributed by atoms with van der Waals surface area (Å²) in [7, 11) is 1.70. The van der Waals surface area contributed by atoms with E-state index in [0.29, 0.717) is 12.2 Å². The van der Waals surface area contributed by atoms with E-state index in [4.69, 9.17) is 0 Å². The van der Waals surface area contributed by atoms with E-state index in [1.807, 2.05) is 12.3 Å². The SMILES string of the molecule is CCc1nc(CN(C)C(=O)c2cn(-c3ccc(F)cc3)nn2)cs1. The molecular formula is C16H16FN5OS. The molecule has 0 spiro atoms. The Hall–Kier alpha value is -2.61. The fraction of sp³-hybridized carbons (Fsp3) is 0.250. The van der Waals surface area contributed by atoms with Crippen molar-refractivity contribution in [1.82, 2.24) is 24.9 Å². The Morgan fingerprint density at radius 2 is 2.08 bits per heavy atom. The van der Waals surface area contributed by atoms with Crippen LogP contribution < -0.4 is 0 Å². The van der Waals surface area contributed by atoms with E-state index in [1.54, 1.807) is 35.4 Å². The number of hydrogen-bond donors (Lipinski definition) is 0.